The van der Waals surface area contributed by atoms with Crippen LogP contribution in [0.15, 0.2) is 36.4 Å². The molecule has 98 valence electrons. The highest BCUT2D eigenvalue weighted by atomic mass is 35.5. The molecule has 0 aliphatic heterocycles. The topological polar surface area (TPSA) is 88.2 Å². The van der Waals surface area contributed by atoms with Gasteiger partial charge in [0, 0.05) is 5.56 Å². The Morgan fingerprint density at radius 3 is 2.84 bits per heavy atom. The van der Waals surface area contributed by atoms with Crippen LogP contribution >= 0.6 is 11.6 Å². The second-order valence-corrected chi connectivity index (χ2v) is 4.32. The molecule has 0 atom stereocenters. The van der Waals surface area contributed by atoms with Crippen molar-refractivity contribution in [2.75, 3.05) is 5.73 Å². The summed E-state index contributed by atoms with van der Waals surface area (Å²) in [6.07, 6.45) is -1.08. The first-order valence-electron chi connectivity index (χ1n) is 5.54. The Kier molecular flexibility index (Phi) is 3.87. The van der Waals surface area contributed by atoms with E-state index in [1.165, 1.54) is 0 Å². The summed E-state index contributed by atoms with van der Waals surface area (Å²) in [5.41, 5.74) is 8.41. The fourth-order valence-corrected chi connectivity index (χ4v) is 1.73. The SMILES string of the molecule is Nc1cc(-c2cccc(CNC(=O)O)n2)ccc1Cl. The van der Waals surface area contributed by atoms with Crippen molar-refractivity contribution in [3.63, 3.8) is 0 Å². The Bertz CT molecular complexity index is 617. The number of anilines is 1. The van der Waals surface area contributed by atoms with E-state index in [2.05, 4.69) is 10.3 Å². The summed E-state index contributed by atoms with van der Waals surface area (Å²) in [7, 11) is 0. The molecule has 1 aromatic heterocycles. The standard InChI is InChI=1S/C13H12ClN3O2/c14-10-5-4-8(6-11(10)15)12-3-1-2-9(17-12)7-16-13(18)19/h1-6,16H,7,15H2,(H,18,19). The van der Waals surface area contributed by atoms with Crippen LogP contribution in [0.1, 0.15) is 5.69 Å². The maximum absolute atomic E-state index is 10.4. The lowest BCUT2D eigenvalue weighted by Crippen LogP contribution is -2.20. The molecule has 0 aliphatic rings. The first-order valence-corrected chi connectivity index (χ1v) is 5.92. The second-order valence-electron chi connectivity index (χ2n) is 3.91. The summed E-state index contributed by atoms with van der Waals surface area (Å²) >= 11 is 5.86. The van der Waals surface area contributed by atoms with Gasteiger partial charge < -0.3 is 16.2 Å². The van der Waals surface area contributed by atoms with Gasteiger partial charge in [-0.25, -0.2) is 4.79 Å². The number of rotatable bonds is 3. The van der Waals surface area contributed by atoms with Gasteiger partial charge in [0.1, 0.15) is 0 Å². The van der Waals surface area contributed by atoms with Crippen molar-refractivity contribution < 1.29 is 9.90 Å². The van der Waals surface area contributed by atoms with E-state index < -0.39 is 6.09 Å². The zero-order chi connectivity index (χ0) is 13.8. The van der Waals surface area contributed by atoms with E-state index in [1.54, 1.807) is 18.2 Å². The lowest BCUT2D eigenvalue weighted by Gasteiger charge is -2.06. The van der Waals surface area contributed by atoms with Gasteiger partial charge in [-0.1, -0.05) is 23.7 Å². The molecule has 5 nitrogen and oxygen atoms in total. The summed E-state index contributed by atoms with van der Waals surface area (Å²) < 4.78 is 0. The summed E-state index contributed by atoms with van der Waals surface area (Å²) in [5.74, 6) is 0. The molecule has 1 heterocycles. The van der Waals surface area contributed by atoms with Crippen molar-refractivity contribution in [2.45, 2.75) is 6.54 Å². The van der Waals surface area contributed by atoms with E-state index in [4.69, 9.17) is 22.4 Å². The van der Waals surface area contributed by atoms with Crippen LogP contribution in [-0.4, -0.2) is 16.2 Å². The van der Waals surface area contributed by atoms with Crippen molar-refractivity contribution in [1.29, 1.82) is 0 Å². The number of nitrogens with one attached hydrogen (secondary N) is 1. The minimum atomic E-state index is -1.08. The molecule has 0 spiro atoms. The van der Waals surface area contributed by atoms with Gasteiger partial charge in [0.2, 0.25) is 0 Å². The Morgan fingerprint density at radius 2 is 2.16 bits per heavy atom. The van der Waals surface area contributed by atoms with Crippen molar-refractivity contribution in [3.8, 4) is 11.3 Å². The van der Waals surface area contributed by atoms with Crippen LogP contribution in [0.4, 0.5) is 10.5 Å². The van der Waals surface area contributed by atoms with Crippen molar-refractivity contribution >= 4 is 23.4 Å². The quantitative estimate of drug-likeness (QED) is 0.753. The third-order valence-electron chi connectivity index (χ3n) is 2.52. The molecule has 0 saturated heterocycles. The molecule has 0 saturated carbocycles. The molecule has 2 aromatic rings. The molecule has 0 fully saturated rings. The van der Waals surface area contributed by atoms with Crippen molar-refractivity contribution in [2.24, 2.45) is 0 Å². The number of amides is 1. The van der Waals surface area contributed by atoms with E-state index in [9.17, 15) is 4.79 Å². The number of halogens is 1. The van der Waals surface area contributed by atoms with E-state index in [0.717, 1.165) is 5.56 Å². The normalized spacial score (nSPS) is 10.2. The Balaban J connectivity index is 2.27. The van der Waals surface area contributed by atoms with Gasteiger partial charge in [-0.3, -0.25) is 4.98 Å². The lowest BCUT2D eigenvalue weighted by molar-refractivity contribution is 0.194. The first-order chi connectivity index (χ1) is 9.06. The minimum Gasteiger partial charge on any atom is -0.465 e. The minimum absolute atomic E-state index is 0.159. The van der Waals surface area contributed by atoms with Gasteiger partial charge in [-0.05, 0) is 24.3 Å². The number of nitrogen functional groups attached to an aromatic ring is 1. The Hall–Kier alpha value is -2.27. The highest BCUT2D eigenvalue weighted by molar-refractivity contribution is 6.33. The summed E-state index contributed by atoms with van der Waals surface area (Å²) in [6, 6.07) is 10.6. The summed E-state index contributed by atoms with van der Waals surface area (Å²) in [5, 5.41) is 11.3. The smallest absolute Gasteiger partial charge is 0.404 e. The maximum atomic E-state index is 10.4. The van der Waals surface area contributed by atoms with Crippen molar-refractivity contribution in [1.82, 2.24) is 10.3 Å². The first kappa shape index (κ1) is 13.2. The summed E-state index contributed by atoms with van der Waals surface area (Å²) in [4.78, 5) is 14.8. The average Bonchev–Trinajstić information content (AvgIpc) is 2.40. The number of hydrogen-bond donors (Lipinski definition) is 3. The van der Waals surface area contributed by atoms with Gasteiger partial charge in [-0.2, -0.15) is 0 Å². The predicted molar refractivity (Wildman–Crippen MR) is 74.0 cm³/mol. The van der Waals surface area contributed by atoms with Gasteiger partial charge in [-0.15, -0.1) is 0 Å². The van der Waals surface area contributed by atoms with Crippen molar-refractivity contribution in [3.05, 3.63) is 47.1 Å². The molecule has 19 heavy (non-hydrogen) atoms. The number of carboxylic acid groups (broad SMARTS) is 1. The molecular weight excluding hydrogens is 266 g/mol. The molecule has 0 aliphatic carbocycles. The molecule has 2 rings (SSSR count). The highest BCUT2D eigenvalue weighted by Crippen LogP contribution is 2.25. The molecule has 4 N–H and O–H groups in total. The van der Waals surface area contributed by atoms with E-state index in [0.29, 0.717) is 22.1 Å². The highest BCUT2D eigenvalue weighted by Gasteiger charge is 2.04. The van der Waals surface area contributed by atoms with Crippen LogP contribution in [0.2, 0.25) is 5.02 Å². The maximum Gasteiger partial charge on any atom is 0.404 e. The van der Waals surface area contributed by atoms with E-state index in [-0.39, 0.29) is 6.54 Å². The van der Waals surface area contributed by atoms with Gasteiger partial charge in [0.25, 0.3) is 0 Å². The average molecular weight is 278 g/mol. The number of hydrogen-bond acceptors (Lipinski definition) is 3. The summed E-state index contributed by atoms with van der Waals surface area (Å²) in [6.45, 7) is 0.159. The molecular formula is C13H12ClN3O2. The molecule has 0 bridgehead atoms. The number of aromatic nitrogens is 1. The Labute approximate surface area is 115 Å². The van der Waals surface area contributed by atoms with E-state index >= 15 is 0 Å². The van der Waals surface area contributed by atoms with Crippen LogP contribution in [-0.2, 0) is 6.54 Å². The fourth-order valence-electron chi connectivity index (χ4n) is 1.61. The molecule has 1 amide bonds. The second kappa shape index (κ2) is 5.58. The van der Waals surface area contributed by atoms with Crippen LogP contribution in [0.5, 0.6) is 0 Å². The number of benzene rings is 1. The zero-order valence-electron chi connectivity index (χ0n) is 9.93. The third kappa shape index (κ3) is 3.35. The van der Waals surface area contributed by atoms with Crippen LogP contribution in [0, 0.1) is 0 Å². The molecule has 1 aromatic carbocycles. The predicted octanol–water partition coefficient (Wildman–Crippen LogP) is 2.75. The largest absolute Gasteiger partial charge is 0.465 e. The van der Waals surface area contributed by atoms with Gasteiger partial charge in [0.15, 0.2) is 0 Å². The van der Waals surface area contributed by atoms with Crippen LogP contribution < -0.4 is 11.1 Å². The molecule has 6 heteroatoms. The number of nitrogens with zero attached hydrogens (tertiary/aromatic N) is 1. The van der Waals surface area contributed by atoms with Crippen LogP contribution in [0.25, 0.3) is 11.3 Å². The Morgan fingerprint density at radius 1 is 1.37 bits per heavy atom. The number of pyridine rings is 1. The number of nitrogens with two attached hydrogens (primary N) is 1. The lowest BCUT2D eigenvalue weighted by atomic mass is 10.1. The monoisotopic (exact) mass is 277 g/mol. The molecule has 0 unspecified atom stereocenters. The molecule has 0 radical (unpaired) electrons. The third-order valence-corrected chi connectivity index (χ3v) is 2.86. The number of carbonyl (C=O) groups is 1. The zero-order valence-corrected chi connectivity index (χ0v) is 10.7. The van der Waals surface area contributed by atoms with Crippen LogP contribution in [0.3, 0.4) is 0 Å². The fraction of sp³-hybridized carbons (Fsp3) is 0.0769. The van der Waals surface area contributed by atoms with E-state index in [1.807, 2.05) is 18.2 Å². The van der Waals surface area contributed by atoms with Gasteiger partial charge in [0.05, 0.1) is 28.6 Å². The van der Waals surface area contributed by atoms with Gasteiger partial charge >= 0.3 is 6.09 Å².